The molecule has 7 aromatic rings. The van der Waals surface area contributed by atoms with Gasteiger partial charge in [0.05, 0.1) is 21.4 Å². The minimum absolute atomic E-state index is 0.00942. The van der Waals surface area contributed by atoms with E-state index >= 15 is 0 Å². The molecule has 0 spiro atoms. The van der Waals surface area contributed by atoms with E-state index in [4.69, 9.17) is 34.0 Å². The van der Waals surface area contributed by atoms with E-state index in [2.05, 4.69) is 67.9 Å². The van der Waals surface area contributed by atoms with Crippen molar-refractivity contribution in [3.05, 3.63) is 179 Å². The largest absolute Gasteiger partial charge is 0.504 e. The second-order valence-corrected chi connectivity index (χ2v) is 18.4. The predicted octanol–water partition coefficient (Wildman–Crippen LogP) is 6.68. The summed E-state index contributed by atoms with van der Waals surface area (Å²) in [6, 6.07) is 29.4. The van der Waals surface area contributed by atoms with Crippen LogP contribution < -0.4 is 28.1 Å². The van der Waals surface area contributed by atoms with Crippen molar-refractivity contribution in [3.8, 4) is 11.5 Å². The fourth-order valence-electron chi connectivity index (χ4n) is 4.87. The Labute approximate surface area is 437 Å². The summed E-state index contributed by atoms with van der Waals surface area (Å²) in [7, 11) is -7.30. The molecule has 0 saturated heterocycles. The van der Waals surface area contributed by atoms with Crippen molar-refractivity contribution >= 4 is 89.7 Å². The average molecular weight is 1110 g/mol. The predicted molar refractivity (Wildman–Crippen MR) is 274 cm³/mol. The number of urea groups is 1. The molecule has 0 aliphatic heterocycles. The van der Waals surface area contributed by atoms with Crippen LogP contribution >= 0.6 is 23.2 Å². The first-order valence-corrected chi connectivity index (χ1v) is 24.8. The summed E-state index contributed by atoms with van der Waals surface area (Å²) in [5.74, 6) is 6.50. The Kier molecular flexibility index (Phi) is 25.6. The number of phenols is 2. The first-order chi connectivity index (χ1) is 35.4. The molecule has 0 unspecified atom stereocenters. The van der Waals surface area contributed by atoms with Crippen LogP contribution in [0, 0.1) is 0 Å². The molecule has 11 N–H and O–H groups in total. The van der Waals surface area contributed by atoms with Crippen molar-refractivity contribution < 1.29 is 56.1 Å². The van der Waals surface area contributed by atoms with Gasteiger partial charge in [0, 0.05) is 50.4 Å². The molecular weight excluding hydrogens is 1060 g/mol. The smallest absolute Gasteiger partial charge is 0.354 e. The molecule has 0 aliphatic rings. The number of Topliss-reactive ketones (excluding diaryl/α,β-unsaturated/α-hetero) is 1. The summed E-state index contributed by atoms with van der Waals surface area (Å²) in [5, 5.41) is 44.1. The van der Waals surface area contributed by atoms with Gasteiger partial charge in [0.2, 0.25) is 0 Å². The fourth-order valence-corrected chi connectivity index (χ4v) is 7.79. The fraction of sp³-hybridized carbons (Fsp3) is 0.0667. The van der Waals surface area contributed by atoms with E-state index in [1.54, 1.807) is 79.0 Å². The molecule has 0 bridgehead atoms. The maximum absolute atomic E-state index is 11.8. The third-order valence-electron chi connectivity index (χ3n) is 8.07. The number of rotatable bonds is 8. The number of carbonyl (C=O) groups excluding carboxylic acids is 4. The molecular formula is C45H44Cl2N14O12S2. The number of hydrogen-bond acceptors (Lipinski definition) is 19. The molecule has 5 aromatic heterocycles. The first kappa shape index (κ1) is 61.7. The number of carboxylic acids is 1. The summed E-state index contributed by atoms with van der Waals surface area (Å²) in [5.41, 5.74) is 6.30. The lowest BCUT2D eigenvalue weighted by Gasteiger charge is -2.12. The van der Waals surface area contributed by atoms with Gasteiger partial charge in [0.25, 0.3) is 0 Å². The number of aromatic hydroxyl groups is 2. The Morgan fingerprint density at radius 1 is 0.533 bits per heavy atom. The highest BCUT2D eigenvalue weighted by atomic mass is 35.5. The quantitative estimate of drug-likeness (QED) is 0.0196. The van der Waals surface area contributed by atoms with E-state index in [-0.39, 0.29) is 49.2 Å². The molecule has 26 nitrogen and oxygen atoms in total. The number of phenolic OH excluding ortho intramolecular Hbond substituents is 2. The SMILES string of the molecule is CC(=O)c1ccccn1.CS(=O)(=O)c1c(Cl)ccc(N)c1O.CS(=O)(=O)c1c(Cl)ccc(NC(=O)Nc2ccccn2)c1O.NN=NC(=O)c1ccccn1.NN=NC(=O)c1ccccn1.O=C(O)c1ccccn1. The number of amides is 4. The third kappa shape index (κ3) is 22.3. The number of ketones is 1. The van der Waals surface area contributed by atoms with Crippen LogP contribution in [0.1, 0.15) is 48.9 Å². The van der Waals surface area contributed by atoms with Gasteiger partial charge < -0.3 is 38.1 Å². The number of pyridine rings is 5. The van der Waals surface area contributed by atoms with Crippen LogP contribution in [0.15, 0.2) is 177 Å². The maximum atomic E-state index is 11.8. The highest BCUT2D eigenvalue weighted by Gasteiger charge is 2.22. The number of nitrogens with one attached hydrogen (secondary N) is 2. The topological polar surface area (TPSA) is 430 Å². The van der Waals surface area contributed by atoms with E-state index < -0.39 is 59.9 Å². The summed E-state index contributed by atoms with van der Waals surface area (Å²) in [4.78, 5) is 72.3. The summed E-state index contributed by atoms with van der Waals surface area (Å²) >= 11 is 11.4. The lowest BCUT2D eigenvalue weighted by Crippen LogP contribution is -2.20. The Hall–Kier alpha value is -9.38. The number of aromatic nitrogens is 5. The molecule has 0 aliphatic carbocycles. The number of halogens is 2. The normalized spacial score (nSPS) is 10.4. The molecule has 5 heterocycles. The Morgan fingerprint density at radius 2 is 0.920 bits per heavy atom. The number of hydrogen-bond donors (Lipinski definition) is 8. The van der Waals surface area contributed by atoms with Crippen molar-refractivity contribution in [2.75, 3.05) is 28.9 Å². The second-order valence-electron chi connectivity index (χ2n) is 13.7. The number of sulfone groups is 2. The molecule has 0 atom stereocenters. The second kappa shape index (κ2) is 31.2. The van der Waals surface area contributed by atoms with Gasteiger partial charge in [-0.3, -0.25) is 34.7 Å². The monoisotopic (exact) mass is 1110 g/mol. The molecule has 75 heavy (non-hydrogen) atoms. The zero-order valence-corrected chi connectivity index (χ0v) is 42.3. The van der Waals surface area contributed by atoms with Gasteiger partial charge in [0.1, 0.15) is 38.4 Å². The lowest BCUT2D eigenvalue weighted by molar-refractivity contribution is 0.0689. The standard InChI is InChI=1S/C13H12ClN3O4S.C7H8ClNO3S.C7H7NO.2C6H6N4O.C6H5NO2/c1-22(20,21)12-8(14)5-6-9(11(12)18)16-13(19)17-10-4-2-3-7-15-10;1-13(11,12)7-4(8)2-3-5(9)6(7)10;1-6(9)7-4-2-3-5-8-7;2*7-10-9-6(11)5-3-1-2-4-8-5;8-6(9)5-3-1-2-4-7-5/h2-7,18H,1H3,(H2,15,16,17,19);2-3,10H,9H2,1H3;2-5H,1H3;2*1-4H,(H2,7,9,11);1-4H,(H,8,9). The lowest BCUT2D eigenvalue weighted by atomic mass is 10.3. The van der Waals surface area contributed by atoms with E-state index in [1.807, 2.05) is 0 Å². The van der Waals surface area contributed by atoms with Gasteiger partial charge in [-0.2, -0.15) is 0 Å². The Bertz CT molecular complexity index is 3200. The van der Waals surface area contributed by atoms with Gasteiger partial charge >= 0.3 is 23.8 Å². The first-order valence-electron chi connectivity index (χ1n) is 20.3. The summed E-state index contributed by atoms with van der Waals surface area (Å²) in [6.07, 6.45) is 9.41. The molecule has 7 rings (SSSR count). The Morgan fingerprint density at radius 3 is 1.24 bits per heavy atom. The molecule has 0 saturated carbocycles. The van der Waals surface area contributed by atoms with Crippen LogP contribution in [0.5, 0.6) is 11.5 Å². The summed E-state index contributed by atoms with van der Waals surface area (Å²) < 4.78 is 45.5. The van der Waals surface area contributed by atoms with Gasteiger partial charge in [-0.25, -0.2) is 36.4 Å². The van der Waals surface area contributed by atoms with Gasteiger partial charge in [-0.1, -0.05) is 74.2 Å². The number of nitrogen functional groups attached to an aromatic ring is 1. The van der Waals surface area contributed by atoms with Crippen molar-refractivity contribution in [1.29, 1.82) is 0 Å². The van der Waals surface area contributed by atoms with Crippen LogP contribution in [0.4, 0.5) is 22.0 Å². The minimum atomic E-state index is -3.75. The van der Waals surface area contributed by atoms with Gasteiger partial charge in [-0.15, -0.1) is 0 Å². The number of benzene rings is 2. The number of anilines is 3. The van der Waals surface area contributed by atoms with Crippen LogP contribution in [0.2, 0.25) is 10.0 Å². The zero-order valence-electron chi connectivity index (χ0n) is 39.2. The van der Waals surface area contributed by atoms with Crippen LogP contribution in [0.3, 0.4) is 0 Å². The molecule has 4 amide bonds. The van der Waals surface area contributed by atoms with Crippen molar-refractivity contribution in [1.82, 2.24) is 24.9 Å². The van der Waals surface area contributed by atoms with Crippen molar-refractivity contribution in [2.24, 2.45) is 32.4 Å². The van der Waals surface area contributed by atoms with E-state index in [0.717, 1.165) is 12.5 Å². The maximum Gasteiger partial charge on any atom is 0.354 e. The highest BCUT2D eigenvalue weighted by Crippen LogP contribution is 2.37. The van der Waals surface area contributed by atoms with Gasteiger partial charge in [0.15, 0.2) is 37.0 Å². The number of nitrogens with two attached hydrogens (primary N) is 3. The van der Waals surface area contributed by atoms with E-state index in [1.165, 1.54) is 74.2 Å². The molecule has 30 heteroatoms. The minimum Gasteiger partial charge on any atom is -0.504 e. The number of carbonyl (C=O) groups is 5. The molecule has 0 fully saturated rings. The number of nitrogens with zero attached hydrogens (tertiary/aromatic N) is 9. The van der Waals surface area contributed by atoms with E-state index in [9.17, 15) is 51.0 Å². The zero-order chi connectivity index (χ0) is 56.1. The van der Waals surface area contributed by atoms with Gasteiger partial charge in [-0.05, 0) is 84.9 Å². The number of carboxylic acid groups (broad SMARTS) is 1. The van der Waals surface area contributed by atoms with Crippen LogP contribution in [-0.2, 0) is 19.7 Å². The number of aromatic carboxylic acids is 1. The Balaban J connectivity index is 0.000000319. The van der Waals surface area contributed by atoms with Crippen molar-refractivity contribution in [3.63, 3.8) is 0 Å². The van der Waals surface area contributed by atoms with Crippen LogP contribution in [-0.4, -0.2) is 99.2 Å². The third-order valence-corrected chi connectivity index (χ3v) is 11.2. The van der Waals surface area contributed by atoms with Crippen LogP contribution in [0.25, 0.3) is 0 Å². The van der Waals surface area contributed by atoms with Crippen molar-refractivity contribution in [2.45, 2.75) is 16.7 Å². The highest BCUT2D eigenvalue weighted by molar-refractivity contribution is 7.91. The molecule has 0 radical (unpaired) electrons. The summed E-state index contributed by atoms with van der Waals surface area (Å²) in [6.45, 7) is 1.50. The van der Waals surface area contributed by atoms with E-state index in [0.29, 0.717) is 11.5 Å². The average Bonchev–Trinajstić information content (AvgIpc) is 3.38. The molecule has 392 valence electrons. The molecule has 2 aromatic carbocycles.